The number of fused-ring (bicyclic) bond motifs is 1. The van der Waals surface area contributed by atoms with Crippen molar-refractivity contribution < 1.29 is 4.74 Å². The molecule has 2 aliphatic rings. The second-order valence-electron chi connectivity index (χ2n) is 6.05. The maximum absolute atomic E-state index is 5.39. The molecule has 2 heterocycles. The number of ether oxygens (including phenoxy) is 1. The zero-order valence-electron chi connectivity index (χ0n) is 12.6. The van der Waals surface area contributed by atoms with Crippen LogP contribution in [0, 0.1) is 0 Å². The molecule has 1 aromatic carbocycles. The fourth-order valence-corrected chi connectivity index (χ4v) is 3.33. The summed E-state index contributed by atoms with van der Waals surface area (Å²) in [7, 11) is 2.20. The summed E-state index contributed by atoms with van der Waals surface area (Å²) < 4.78 is 5.39. The van der Waals surface area contributed by atoms with Gasteiger partial charge in [0.15, 0.2) is 0 Å². The van der Waals surface area contributed by atoms with Crippen LogP contribution in [0.25, 0.3) is 0 Å². The highest BCUT2D eigenvalue weighted by Crippen LogP contribution is 2.27. The third-order valence-electron chi connectivity index (χ3n) is 4.54. The second kappa shape index (κ2) is 6.59. The first-order chi connectivity index (χ1) is 9.83. The largest absolute Gasteiger partial charge is 0.379 e. The van der Waals surface area contributed by atoms with Crippen LogP contribution in [0.1, 0.15) is 24.0 Å². The van der Waals surface area contributed by atoms with E-state index in [-0.39, 0.29) is 0 Å². The van der Waals surface area contributed by atoms with Crippen molar-refractivity contribution in [3.8, 4) is 0 Å². The van der Waals surface area contributed by atoms with Crippen LogP contribution in [0.5, 0.6) is 0 Å². The Kier molecular flexibility index (Phi) is 4.58. The van der Waals surface area contributed by atoms with E-state index in [9.17, 15) is 0 Å². The lowest BCUT2D eigenvalue weighted by Crippen LogP contribution is -2.36. The monoisotopic (exact) mass is 274 g/mol. The molecule has 3 heteroatoms. The third-order valence-corrected chi connectivity index (χ3v) is 4.54. The average Bonchev–Trinajstić information content (AvgIpc) is 2.48. The van der Waals surface area contributed by atoms with Crippen molar-refractivity contribution in [3.63, 3.8) is 0 Å². The van der Waals surface area contributed by atoms with Gasteiger partial charge in [0.05, 0.1) is 13.2 Å². The van der Waals surface area contributed by atoms with Crippen LogP contribution in [-0.4, -0.2) is 51.3 Å². The Balaban J connectivity index is 1.52. The molecule has 0 radical (unpaired) electrons. The Morgan fingerprint density at radius 1 is 1.15 bits per heavy atom. The first kappa shape index (κ1) is 13.9. The van der Waals surface area contributed by atoms with Gasteiger partial charge in [-0.05, 0) is 49.4 Å². The molecule has 0 unspecified atom stereocenters. The van der Waals surface area contributed by atoms with Crippen molar-refractivity contribution >= 4 is 5.69 Å². The molecule has 0 atom stereocenters. The van der Waals surface area contributed by atoms with Gasteiger partial charge in [-0.1, -0.05) is 12.1 Å². The number of nitrogens with zero attached hydrogens (tertiary/aromatic N) is 2. The van der Waals surface area contributed by atoms with E-state index in [1.807, 2.05) is 0 Å². The SMILES string of the molecule is CN1CCCc2cc(CCCN3CCOCC3)ccc21. The van der Waals surface area contributed by atoms with E-state index in [4.69, 9.17) is 4.74 Å². The van der Waals surface area contributed by atoms with Crippen LogP contribution in [0.2, 0.25) is 0 Å². The predicted octanol–water partition coefficient (Wildman–Crippen LogP) is 2.33. The standard InChI is InChI=1S/C17H26N2O/c1-18-8-3-5-16-14-15(6-7-17(16)18)4-2-9-19-10-12-20-13-11-19/h6-7,14H,2-5,8-13H2,1H3. The van der Waals surface area contributed by atoms with Crippen molar-refractivity contribution in [3.05, 3.63) is 29.3 Å². The lowest BCUT2D eigenvalue weighted by molar-refractivity contribution is 0.0375. The van der Waals surface area contributed by atoms with Gasteiger partial charge in [0.1, 0.15) is 0 Å². The summed E-state index contributed by atoms with van der Waals surface area (Å²) in [6.07, 6.45) is 5.00. The van der Waals surface area contributed by atoms with Gasteiger partial charge < -0.3 is 9.64 Å². The van der Waals surface area contributed by atoms with Gasteiger partial charge in [0.25, 0.3) is 0 Å². The fraction of sp³-hybridized carbons (Fsp3) is 0.647. The number of benzene rings is 1. The van der Waals surface area contributed by atoms with Crippen LogP contribution in [0.4, 0.5) is 5.69 Å². The Hall–Kier alpha value is -1.06. The summed E-state index contributed by atoms with van der Waals surface area (Å²) in [5.74, 6) is 0. The third kappa shape index (κ3) is 3.33. The summed E-state index contributed by atoms with van der Waals surface area (Å²) >= 11 is 0. The molecule has 2 aliphatic heterocycles. The number of anilines is 1. The number of morpholine rings is 1. The minimum Gasteiger partial charge on any atom is -0.379 e. The molecule has 0 aliphatic carbocycles. The van der Waals surface area contributed by atoms with Crippen molar-refractivity contribution in [1.82, 2.24) is 4.90 Å². The molecule has 1 saturated heterocycles. The molecule has 0 aromatic heterocycles. The van der Waals surface area contributed by atoms with Crippen molar-refractivity contribution in [2.75, 3.05) is 51.3 Å². The molecule has 0 N–H and O–H groups in total. The van der Waals surface area contributed by atoms with E-state index in [0.717, 1.165) is 26.3 Å². The minimum atomic E-state index is 0.908. The highest BCUT2D eigenvalue weighted by molar-refractivity contribution is 5.56. The zero-order chi connectivity index (χ0) is 13.8. The Morgan fingerprint density at radius 2 is 2.00 bits per heavy atom. The summed E-state index contributed by atoms with van der Waals surface area (Å²) in [5.41, 5.74) is 4.49. The molecule has 0 spiro atoms. The number of rotatable bonds is 4. The van der Waals surface area contributed by atoms with E-state index in [2.05, 4.69) is 35.0 Å². The average molecular weight is 274 g/mol. The summed E-state index contributed by atoms with van der Waals surface area (Å²) in [5, 5.41) is 0. The van der Waals surface area contributed by atoms with Crippen molar-refractivity contribution in [2.24, 2.45) is 0 Å². The normalized spacial score (nSPS) is 19.9. The summed E-state index contributed by atoms with van der Waals surface area (Å²) in [6, 6.07) is 7.07. The maximum atomic E-state index is 5.39. The van der Waals surface area contributed by atoms with Gasteiger partial charge in [-0.25, -0.2) is 0 Å². The Labute approximate surface area is 122 Å². The van der Waals surface area contributed by atoms with E-state index >= 15 is 0 Å². The lowest BCUT2D eigenvalue weighted by Gasteiger charge is -2.28. The molecular weight excluding hydrogens is 248 g/mol. The van der Waals surface area contributed by atoms with Crippen LogP contribution in [0.15, 0.2) is 18.2 Å². The van der Waals surface area contributed by atoms with Crippen LogP contribution < -0.4 is 4.90 Å². The number of aryl methyl sites for hydroxylation is 2. The van der Waals surface area contributed by atoms with E-state index in [1.54, 1.807) is 5.56 Å². The van der Waals surface area contributed by atoms with Crippen LogP contribution in [-0.2, 0) is 17.6 Å². The van der Waals surface area contributed by atoms with Crippen molar-refractivity contribution in [2.45, 2.75) is 25.7 Å². The van der Waals surface area contributed by atoms with Crippen molar-refractivity contribution in [1.29, 1.82) is 0 Å². The first-order valence-corrected chi connectivity index (χ1v) is 7.96. The molecule has 110 valence electrons. The smallest absolute Gasteiger partial charge is 0.0594 e. The maximum Gasteiger partial charge on any atom is 0.0594 e. The molecule has 20 heavy (non-hydrogen) atoms. The summed E-state index contributed by atoms with van der Waals surface area (Å²) in [4.78, 5) is 4.91. The predicted molar refractivity (Wildman–Crippen MR) is 83.6 cm³/mol. The Morgan fingerprint density at radius 3 is 2.85 bits per heavy atom. The number of hydrogen-bond acceptors (Lipinski definition) is 3. The van der Waals surface area contributed by atoms with E-state index < -0.39 is 0 Å². The second-order valence-corrected chi connectivity index (χ2v) is 6.05. The van der Waals surface area contributed by atoms with Gasteiger partial charge in [0, 0.05) is 32.4 Å². The fourth-order valence-electron chi connectivity index (χ4n) is 3.33. The molecule has 0 amide bonds. The highest BCUT2D eigenvalue weighted by Gasteiger charge is 2.14. The van der Waals surface area contributed by atoms with Gasteiger partial charge in [-0.2, -0.15) is 0 Å². The summed E-state index contributed by atoms with van der Waals surface area (Å²) in [6.45, 7) is 6.43. The lowest BCUT2D eigenvalue weighted by atomic mass is 9.98. The molecule has 0 saturated carbocycles. The van der Waals surface area contributed by atoms with Crippen LogP contribution in [0.3, 0.4) is 0 Å². The molecule has 1 fully saturated rings. The molecule has 3 rings (SSSR count). The zero-order valence-corrected chi connectivity index (χ0v) is 12.6. The van der Waals surface area contributed by atoms with Gasteiger partial charge in [-0.3, -0.25) is 4.90 Å². The van der Waals surface area contributed by atoms with E-state index in [0.29, 0.717) is 0 Å². The van der Waals surface area contributed by atoms with Gasteiger partial charge >= 0.3 is 0 Å². The highest BCUT2D eigenvalue weighted by atomic mass is 16.5. The van der Waals surface area contributed by atoms with Gasteiger partial charge in [0.2, 0.25) is 0 Å². The molecule has 1 aromatic rings. The first-order valence-electron chi connectivity index (χ1n) is 7.96. The van der Waals surface area contributed by atoms with Crippen LogP contribution >= 0.6 is 0 Å². The molecule has 0 bridgehead atoms. The molecule has 3 nitrogen and oxygen atoms in total. The minimum absolute atomic E-state index is 0.908. The number of hydrogen-bond donors (Lipinski definition) is 0. The van der Waals surface area contributed by atoms with E-state index in [1.165, 1.54) is 50.0 Å². The van der Waals surface area contributed by atoms with Gasteiger partial charge in [-0.15, -0.1) is 0 Å². The Bertz CT molecular complexity index is 441. The topological polar surface area (TPSA) is 15.7 Å². The quantitative estimate of drug-likeness (QED) is 0.838. The molecular formula is C17H26N2O.